The molecule has 0 spiro atoms. The molecular weight excluding hydrogens is 350 g/mol. The second kappa shape index (κ2) is 9.38. The monoisotopic (exact) mass is 371 g/mol. The van der Waals surface area contributed by atoms with Gasteiger partial charge in [-0.15, -0.1) is 0 Å². The Morgan fingerprint density at radius 2 is 1.57 bits per heavy atom. The van der Waals surface area contributed by atoms with Gasteiger partial charge in [-0.2, -0.15) is 5.26 Å². The third kappa shape index (κ3) is 4.77. The molecule has 4 heteroatoms. The van der Waals surface area contributed by atoms with Crippen molar-refractivity contribution >= 4 is 5.78 Å². The van der Waals surface area contributed by atoms with Gasteiger partial charge in [-0.1, -0.05) is 60.7 Å². The van der Waals surface area contributed by atoms with Crippen LogP contribution in [0.25, 0.3) is 0 Å². The van der Waals surface area contributed by atoms with E-state index < -0.39 is 0 Å². The van der Waals surface area contributed by atoms with Crippen molar-refractivity contribution in [1.29, 1.82) is 5.26 Å². The number of rotatable bonds is 8. The molecule has 0 aliphatic heterocycles. The first-order valence-electron chi connectivity index (χ1n) is 9.07. The zero-order valence-corrected chi connectivity index (χ0v) is 15.7. The van der Waals surface area contributed by atoms with E-state index in [0.29, 0.717) is 42.1 Å². The second-order valence-corrected chi connectivity index (χ2v) is 6.34. The van der Waals surface area contributed by atoms with Crippen molar-refractivity contribution in [3.05, 3.63) is 95.1 Å². The largest absolute Gasteiger partial charge is 0.493 e. The molecule has 3 aromatic carbocycles. The molecule has 3 rings (SSSR count). The van der Waals surface area contributed by atoms with Crippen LogP contribution >= 0.6 is 0 Å². The van der Waals surface area contributed by atoms with E-state index in [4.69, 9.17) is 9.47 Å². The summed E-state index contributed by atoms with van der Waals surface area (Å²) in [5.41, 5.74) is 2.75. The van der Waals surface area contributed by atoms with Crippen molar-refractivity contribution in [1.82, 2.24) is 0 Å². The van der Waals surface area contributed by atoms with Crippen LogP contribution in [-0.2, 0) is 13.0 Å². The van der Waals surface area contributed by atoms with Crippen LogP contribution in [0.4, 0.5) is 0 Å². The first-order chi connectivity index (χ1) is 13.7. The highest BCUT2D eigenvalue weighted by Crippen LogP contribution is 2.32. The Bertz CT molecular complexity index is 976. The zero-order chi connectivity index (χ0) is 19.8. The van der Waals surface area contributed by atoms with Crippen LogP contribution in [0, 0.1) is 11.3 Å². The normalized spacial score (nSPS) is 10.1. The lowest BCUT2D eigenvalue weighted by atomic mass is 9.98. The predicted octanol–water partition coefficient (Wildman–Crippen LogP) is 4.96. The lowest BCUT2D eigenvalue weighted by Gasteiger charge is -2.13. The van der Waals surface area contributed by atoms with Gasteiger partial charge in [0.2, 0.25) is 0 Å². The fourth-order valence-electron chi connectivity index (χ4n) is 2.93. The second-order valence-electron chi connectivity index (χ2n) is 6.34. The molecule has 28 heavy (non-hydrogen) atoms. The van der Waals surface area contributed by atoms with E-state index in [-0.39, 0.29) is 5.78 Å². The minimum atomic E-state index is -0.0902. The number of hydrogen-bond donors (Lipinski definition) is 0. The van der Waals surface area contributed by atoms with E-state index in [1.807, 2.05) is 60.7 Å². The van der Waals surface area contributed by atoms with E-state index in [1.165, 1.54) is 7.11 Å². The SMILES string of the molecule is COc1cc(C#N)c(C(=O)CCc2ccccc2)cc1OCc1ccccc1. The maximum atomic E-state index is 12.8. The molecule has 4 nitrogen and oxygen atoms in total. The van der Waals surface area contributed by atoms with E-state index in [9.17, 15) is 10.1 Å². The van der Waals surface area contributed by atoms with Crippen LogP contribution in [-0.4, -0.2) is 12.9 Å². The first kappa shape index (κ1) is 19.2. The lowest BCUT2D eigenvalue weighted by molar-refractivity contribution is 0.0982. The van der Waals surface area contributed by atoms with Gasteiger partial charge in [0, 0.05) is 18.1 Å². The average molecular weight is 371 g/mol. The molecule has 0 aliphatic rings. The Labute approximate surface area is 165 Å². The third-order valence-corrected chi connectivity index (χ3v) is 4.45. The van der Waals surface area contributed by atoms with Gasteiger partial charge in [-0.3, -0.25) is 4.79 Å². The molecule has 0 saturated carbocycles. The van der Waals surface area contributed by atoms with Crippen molar-refractivity contribution in [3.63, 3.8) is 0 Å². The van der Waals surface area contributed by atoms with Crippen molar-refractivity contribution in [2.24, 2.45) is 0 Å². The Kier molecular flexibility index (Phi) is 6.43. The first-order valence-corrected chi connectivity index (χ1v) is 9.07. The number of ketones is 1. The molecule has 140 valence electrons. The number of Topliss-reactive ketones (excluding diaryl/α,β-unsaturated/α-hetero) is 1. The Morgan fingerprint density at radius 1 is 0.929 bits per heavy atom. The molecule has 0 saturated heterocycles. The Balaban J connectivity index is 1.81. The number of hydrogen-bond acceptors (Lipinski definition) is 4. The van der Waals surface area contributed by atoms with Crippen molar-refractivity contribution in [2.45, 2.75) is 19.4 Å². The molecule has 0 unspecified atom stereocenters. The van der Waals surface area contributed by atoms with Gasteiger partial charge in [-0.05, 0) is 23.6 Å². The average Bonchev–Trinajstić information content (AvgIpc) is 2.76. The summed E-state index contributed by atoms with van der Waals surface area (Å²) in [4.78, 5) is 12.8. The van der Waals surface area contributed by atoms with Crippen LogP contribution < -0.4 is 9.47 Å². The van der Waals surface area contributed by atoms with Crippen LogP contribution in [0.3, 0.4) is 0 Å². The summed E-state index contributed by atoms with van der Waals surface area (Å²) < 4.78 is 11.2. The van der Waals surface area contributed by atoms with Crippen molar-refractivity contribution < 1.29 is 14.3 Å². The van der Waals surface area contributed by atoms with Crippen LogP contribution in [0.5, 0.6) is 11.5 Å². The zero-order valence-electron chi connectivity index (χ0n) is 15.7. The summed E-state index contributed by atoms with van der Waals surface area (Å²) in [6, 6.07) is 24.8. The highest BCUT2D eigenvalue weighted by molar-refractivity contribution is 5.99. The molecule has 3 aromatic rings. The Hall–Kier alpha value is -3.58. The third-order valence-electron chi connectivity index (χ3n) is 4.45. The molecule has 0 radical (unpaired) electrons. The molecule has 0 N–H and O–H groups in total. The lowest BCUT2D eigenvalue weighted by Crippen LogP contribution is -2.06. The van der Waals surface area contributed by atoms with Gasteiger partial charge in [0.25, 0.3) is 0 Å². The number of ether oxygens (including phenoxy) is 2. The molecule has 0 atom stereocenters. The van der Waals surface area contributed by atoms with Gasteiger partial charge in [0.1, 0.15) is 12.7 Å². The minimum absolute atomic E-state index is 0.0902. The number of methoxy groups -OCH3 is 1. The Morgan fingerprint density at radius 3 is 2.18 bits per heavy atom. The van der Waals surface area contributed by atoms with E-state index >= 15 is 0 Å². The highest BCUT2D eigenvalue weighted by Gasteiger charge is 2.17. The molecule has 0 bridgehead atoms. The quantitative estimate of drug-likeness (QED) is 0.525. The smallest absolute Gasteiger partial charge is 0.164 e. The molecule has 0 aliphatic carbocycles. The fraction of sp³-hybridized carbons (Fsp3) is 0.167. The molecule has 0 aromatic heterocycles. The summed E-state index contributed by atoms with van der Waals surface area (Å²) in [6.07, 6.45) is 0.944. The van der Waals surface area contributed by atoms with Crippen LogP contribution in [0.15, 0.2) is 72.8 Å². The number of carbonyl (C=O) groups excluding carboxylic acids is 1. The number of aryl methyl sites for hydroxylation is 1. The van der Waals surface area contributed by atoms with E-state index in [1.54, 1.807) is 12.1 Å². The summed E-state index contributed by atoms with van der Waals surface area (Å²) in [7, 11) is 1.52. The molecule has 0 fully saturated rings. The fourth-order valence-corrected chi connectivity index (χ4v) is 2.93. The number of nitrogens with zero attached hydrogens (tertiary/aromatic N) is 1. The van der Waals surface area contributed by atoms with E-state index in [0.717, 1.165) is 11.1 Å². The maximum absolute atomic E-state index is 12.8. The van der Waals surface area contributed by atoms with Gasteiger partial charge < -0.3 is 9.47 Å². The number of nitriles is 1. The van der Waals surface area contributed by atoms with Crippen molar-refractivity contribution in [2.75, 3.05) is 7.11 Å². The van der Waals surface area contributed by atoms with Gasteiger partial charge in [-0.25, -0.2) is 0 Å². The number of carbonyl (C=O) groups is 1. The predicted molar refractivity (Wildman–Crippen MR) is 108 cm³/mol. The highest BCUT2D eigenvalue weighted by atomic mass is 16.5. The van der Waals surface area contributed by atoms with Gasteiger partial charge >= 0.3 is 0 Å². The molecule has 0 amide bonds. The standard InChI is InChI=1S/C24H21NO3/c1-27-23-14-20(16-25)21(22(26)13-12-18-8-4-2-5-9-18)15-24(23)28-17-19-10-6-3-7-11-19/h2-11,14-15H,12-13,17H2,1H3. The minimum Gasteiger partial charge on any atom is -0.493 e. The number of benzene rings is 3. The summed E-state index contributed by atoms with van der Waals surface area (Å²) >= 11 is 0. The maximum Gasteiger partial charge on any atom is 0.164 e. The summed E-state index contributed by atoms with van der Waals surface area (Å²) in [6.45, 7) is 0.348. The summed E-state index contributed by atoms with van der Waals surface area (Å²) in [5.74, 6) is 0.799. The van der Waals surface area contributed by atoms with E-state index in [2.05, 4.69) is 6.07 Å². The molecule has 0 heterocycles. The topological polar surface area (TPSA) is 59.3 Å². The van der Waals surface area contributed by atoms with Gasteiger partial charge in [0.15, 0.2) is 17.3 Å². The van der Waals surface area contributed by atoms with Gasteiger partial charge in [0.05, 0.1) is 12.7 Å². The van der Waals surface area contributed by atoms with Crippen LogP contribution in [0.2, 0.25) is 0 Å². The van der Waals surface area contributed by atoms with Crippen LogP contribution in [0.1, 0.15) is 33.5 Å². The summed E-state index contributed by atoms with van der Waals surface area (Å²) in [5, 5.41) is 9.47. The molecular formula is C24H21NO3. The van der Waals surface area contributed by atoms with Crippen molar-refractivity contribution in [3.8, 4) is 17.6 Å².